The van der Waals surface area contributed by atoms with E-state index in [0.29, 0.717) is 24.5 Å². The first-order valence-electron chi connectivity index (χ1n) is 9.44. The lowest BCUT2D eigenvalue weighted by Crippen LogP contribution is -2.24. The number of hydrogen-bond acceptors (Lipinski definition) is 6. The van der Waals surface area contributed by atoms with Crippen LogP contribution in [0.5, 0.6) is 0 Å². The molecule has 160 valence electrons. The van der Waals surface area contributed by atoms with Crippen LogP contribution in [-0.2, 0) is 11.8 Å². The Morgan fingerprint density at radius 3 is 2.65 bits per heavy atom. The van der Waals surface area contributed by atoms with E-state index in [2.05, 4.69) is 21.4 Å². The van der Waals surface area contributed by atoms with Crippen molar-refractivity contribution in [3.8, 4) is 18.0 Å². The summed E-state index contributed by atoms with van der Waals surface area (Å²) in [6.07, 6.45) is 8.61. The number of aliphatic hydroxyl groups excluding tert-OH is 1. The van der Waals surface area contributed by atoms with Crippen molar-refractivity contribution >= 4 is 23.3 Å². The Hall–Kier alpha value is -4.10. The SMILES string of the molecule is C#Cc1cccc(-n2cc(Nc3ccnn3C)c(C(N)=O)n2)c1.CN1CCC(O)C1=O. The molecule has 0 saturated carbocycles. The number of rotatable bonds is 4. The summed E-state index contributed by atoms with van der Waals surface area (Å²) < 4.78 is 3.20. The first-order valence-corrected chi connectivity index (χ1v) is 9.44. The van der Waals surface area contributed by atoms with Gasteiger partial charge in [0.15, 0.2) is 5.69 Å². The molecule has 31 heavy (non-hydrogen) atoms. The quantitative estimate of drug-likeness (QED) is 0.530. The van der Waals surface area contributed by atoms with Gasteiger partial charge >= 0.3 is 0 Å². The number of terminal acetylenes is 1. The van der Waals surface area contributed by atoms with Gasteiger partial charge in [0.1, 0.15) is 11.9 Å². The van der Waals surface area contributed by atoms with Crippen molar-refractivity contribution in [2.75, 3.05) is 18.9 Å². The van der Waals surface area contributed by atoms with E-state index >= 15 is 0 Å². The van der Waals surface area contributed by atoms with Crippen molar-refractivity contribution in [2.45, 2.75) is 12.5 Å². The number of hydrogen-bond donors (Lipinski definition) is 3. The second-order valence-electron chi connectivity index (χ2n) is 6.92. The third-order valence-corrected chi connectivity index (χ3v) is 4.71. The average molecular weight is 421 g/mol. The maximum Gasteiger partial charge on any atom is 0.271 e. The number of carbonyl (C=O) groups is 2. The van der Waals surface area contributed by atoms with Crippen LogP contribution in [0, 0.1) is 12.3 Å². The van der Waals surface area contributed by atoms with E-state index in [1.54, 1.807) is 48.0 Å². The van der Waals surface area contributed by atoms with Gasteiger partial charge in [-0.1, -0.05) is 12.0 Å². The number of nitrogens with zero attached hydrogens (tertiary/aromatic N) is 5. The van der Waals surface area contributed by atoms with Gasteiger partial charge in [0.2, 0.25) is 0 Å². The molecule has 0 bridgehead atoms. The summed E-state index contributed by atoms with van der Waals surface area (Å²) in [5.41, 5.74) is 7.51. The number of aliphatic hydroxyl groups is 1. The molecular weight excluding hydrogens is 398 g/mol. The summed E-state index contributed by atoms with van der Waals surface area (Å²) in [5, 5.41) is 20.2. The summed E-state index contributed by atoms with van der Waals surface area (Å²) in [4.78, 5) is 23.8. The molecule has 3 aromatic rings. The van der Waals surface area contributed by atoms with Crippen LogP contribution in [0.25, 0.3) is 5.69 Å². The smallest absolute Gasteiger partial charge is 0.271 e. The van der Waals surface area contributed by atoms with Crippen LogP contribution in [0.4, 0.5) is 11.5 Å². The van der Waals surface area contributed by atoms with Gasteiger partial charge in [-0.3, -0.25) is 14.3 Å². The van der Waals surface area contributed by atoms with Gasteiger partial charge in [0.05, 0.1) is 23.8 Å². The van der Waals surface area contributed by atoms with E-state index in [-0.39, 0.29) is 11.6 Å². The Morgan fingerprint density at radius 1 is 1.35 bits per heavy atom. The van der Waals surface area contributed by atoms with E-state index in [4.69, 9.17) is 17.3 Å². The first-order chi connectivity index (χ1) is 14.8. The molecular formula is C21H23N7O3. The second-order valence-corrected chi connectivity index (χ2v) is 6.92. The van der Waals surface area contributed by atoms with E-state index in [1.165, 1.54) is 4.90 Å². The highest BCUT2D eigenvalue weighted by Crippen LogP contribution is 2.21. The molecule has 10 heteroatoms. The zero-order valence-electron chi connectivity index (χ0n) is 17.2. The Kier molecular flexibility index (Phi) is 6.37. The molecule has 0 radical (unpaired) electrons. The van der Waals surface area contributed by atoms with Crippen LogP contribution in [0.2, 0.25) is 0 Å². The molecule has 1 atom stereocenters. The standard InChI is InChI=1S/C16H14N6O.C5H9NO2/c1-3-11-5-4-6-12(9-11)22-10-13(15(20-22)16(17)23)19-14-7-8-18-21(14)2;1-6-3-2-4(7)5(6)8/h1,4-10,19H,2H3,(H2,17,23);4,7H,2-3H2,1H3. The summed E-state index contributed by atoms with van der Waals surface area (Å²) in [5.74, 6) is 2.51. The third kappa shape index (κ3) is 4.91. The molecule has 10 nitrogen and oxygen atoms in total. The minimum atomic E-state index is -0.722. The highest BCUT2D eigenvalue weighted by atomic mass is 16.3. The van der Waals surface area contributed by atoms with Crippen molar-refractivity contribution in [2.24, 2.45) is 12.8 Å². The molecule has 4 N–H and O–H groups in total. The Bertz CT molecular complexity index is 1130. The van der Waals surface area contributed by atoms with Crippen LogP contribution < -0.4 is 11.1 Å². The minimum Gasteiger partial charge on any atom is -0.383 e. The molecule has 4 rings (SSSR count). The summed E-state index contributed by atoms with van der Waals surface area (Å²) in [7, 11) is 3.48. The number of likely N-dealkylation sites (N-methyl/N-ethyl adjacent to an activating group) is 1. The van der Waals surface area contributed by atoms with Gasteiger partial charge in [0.25, 0.3) is 11.8 Å². The Labute approximate surface area is 179 Å². The van der Waals surface area contributed by atoms with E-state index in [1.807, 2.05) is 18.2 Å². The lowest BCUT2D eigenvalue weighted by molar-refractivity contribution is -0.133. The summed E-state index contributed by atoms with van der Waals surface area (Å²) in [6, 6.07) is 9.06. The monoisotopic (exact) mass is 421 g/mol. The number of primary amides is 1. The Morgan fingerprint density at radius 2 is 2.13 bits per heavy atom. The fourth-order valence-electron chi connectivity index (χ4n) is 2.96. The van der Waals surface area contributed by atoms with Crippen LogP contribution in [0.1, 0.15) is 22.5 Å². The summed E-state index contributed by atoms with van der Waals surface area (Å²) >= 11 is 0. The van der Waals surface area contributed by atoms with Crippen molar-refractivity contribution < 1.29 is 14.7 Å². The topological polar surface area (TPSA) is 131 Å². The second kappa shape index (κ2) is 9.15. The number of amides is 2. The van der Waals surface area contributed by atoms with Gasteiger partial charge in [-0.15, -0.1) is 6.42 Å². The van der Waals surface area contributed by atoms with Gasteiger partial charge in [-0.2, -0.15) is 10.2 Å². The van der Waals surface area contributed by atoms with E-state index in [9.17, 15) is 9.59 Å². The lowest BCUT2D eigenvalue weighted by atomic mass is 10.2. The molecule has 1 fully saturated rings. The normalized spacial score (nSPS) is 15.2. The molecule has 1 aromatic carbocycles. The van der Waals surface area contributed by atoms with Crippen molar-refractivity contribution in [3.63, 3.8) is 0 Å². The van der Waals surface area contributed by atoms with Crippen LogP contribution in [0.3, 0.4) is 0 Å². The molecule has 1 unspecified atom stereocenters. The van der Waals surface area contributed by atoms with Crippen molar-refractivity contribution in [1.29, 1.82) is 0 Å². The number of aryl methyl sites for hydroxylation is 1. The van der Waals surface area contributed by atoms with Gasteiger partial charge in [0, 0.05) is 32.3 Å². The zero-order chi connectivity index (χ0) is 22.5. The van der Waals surface area contributed by atoms with Gasteiger partial charge in [-0.05, 0) is 24.6 Å². The van der Waals surface area contributed by atoms with E-state index in [0.717, 1.165) is 11.3 Å². The highest BCUT2D eigenvalue weighted by Gasteiger charge is 2.26. The zero-order valence-corrected chi connectivity index (χ0v) is 17.2. The fraction of sp³-hybridized carbons (Fsp3) is 0.238. The highest BCUT2D eigenvalue weighted by molar-refractivity contribution is 5.97. The van der Waals surface area contributed by atoms with Crippen molar-refractivity contribution in [1.82, 2.24) is 24.5 Å². The molecule has 3 heterocycles. The maximum atomic E-state index is 11.7. The molecule has 0 aliphatic carbocycles. The predicted molar refractivity (Wildman–Crippen MR) is 115 cm³/mol. The first kappa shape index (κ1) is 21.6. The predicted octanol–water partition coefficient (Wildman–Crippen LogP) is 0.639. The van der Waals surface area contributed by atoms with Gasteiger partial charge < -0.3 is 21.1 Å². The van der Waals surface area contributed by atoms with Gasteiger partial charge in [-0.25, -0.2) is 4.68 Å². The number of likely N-dealkylation sites (tertiary alicyclic amines) is 1. The number of nitrogens with one attached hydrogen (secondary N) is 1. The average Bonchev–Trinajstić information content (AvgIpc) is 3.45. The molecule has 1 aliphatic heterocycles. The number of nitrogens with two attached hydrogens (primary N) is 1. The Balaban J connectivity index is 0.000000287. The largest absolute Gasteiger partial charge is 0.383 e. The molecule has 1 saturated heterocycles. The molecule has 0 spiro atoms. The van der Waals surface area contributed by atoms with Crippen LogP contribution in [-0.4, -0.2) is 61.1 Å². The van der Waals surface area contributed by atoms with E-state index < -0.39 is 12.0 Å². The summed E-state index contributed by atoms with van der Waals surface area (Å²) in [6.45, 7) is 0.694. The number of carbonyl (C=O) groups excluding carboxylic acids is 2. The third-order valence-electron chi connectivity index (χ3n) is 4.71. The molecule has 2 aromatic heterocycles. The molecule has 1 aliphatic rings. The molecule has 2 amide bonds. The maximum absolute atomic E-state index is 11.7. The van der Waals surface area contributed by atoms with Crippen molar-refractivity contribution in [3.05, 3.63) is 54.0 Å². The number of anilines is 2. The van der Waals surface area contributed by atoms with Crippen LogP contribution >= 0.6 is 0 Å². The number of aromatic nitrogens is 4. The lowest BCUT2D eigenvalue weighted by Gasteiger charge is -2.04. The number of benzene rings is 1. The minimum absolute atomic E-state index is 0.136. The van der Waals surface area contributed by atoms with Crippen LogP contribution in [0.15, 0.2) is 42.7 Å². The fourth-order valence-corrected chi connectivity index (χ4v) is 2.96.